The molecule has 1 heterocycles. The van der Waals surface area contributed by atoms with Crippen LogP contribution in [0.2, 0.25) is 0 Å². The summed E-state index contributed by atoms with van der Waals surface area (Å²) in [5.41, 5.74) is 14.3. The predicted octanol–water partition coefficient (Wildman–Crippen LogP) is 11.4. The summed E-state index contributed by atoms with van der Waals surface area (Å²) >= 11 is 0. The summed E-state index contributed by atoms with van der Waals surface area (Å²) in [6.07, 6.45) is 3.77. The molecule has 0 amide bonds. The van der Waals surface area contributed by atoms with E-state index in [0.717, 1.165) is 16.8 Å². The van der Waals surface area contributed by atoms with E-state index in [-0.39, 0.29) is 0 Å². The van der Waals surface area contributed by atoms with Gasteiger partial charge in [0.2, 0.25) is 0 Å². The first kappa shape index (κ1) is 25.6. The normalized spacial score (nSPS) is 11.2. The van der Waals surface area contributed by atoms with Crippen molar-refractivity contribution in [3.63, 3.8) is 0 Å². The Morgan fingerprint density at radius 3 is 1.21 bits per heavy atom. The van der Waals surface area contributed by atoms with Crippen LogP contribution < -0.4 is 0 Å². The van der Waals surface area contributed by atoms with Crippen LogP contribution in [-0.2, 0) is 0 Å². The Bertz CT molecular complexity index is 1960. The van der Waals surface area contributed by atoms with Gasteiger partial charge in [-0.3, -0.25) is 0 Å². The third kappa shape index (κ3) is 4.56. The Morgan fingerprint density at radius 1 is 0.429 bits per heavy atom. The third-order valence-corrected chi connectivity index (χ3v) is 8.23. The molecule has 7 rings (SSSR count). The molecule has 1 nitrogen and oxygen atoms in total. The van der Waals surface area contributed by atoms with Crippen molar-refractivity contribution in [3.05, 3.63) is 163 Å². The first-order valence-electron chi connectivity index (χ1n) is 14.3. The Hall–Kier alpha value is -5.40. The second kappa shape index (κ2) is 10.5. The maximum atomic E-state index is 3.90. The molecule has 0 saturated heterocycles. The lowest BCUT2D eigenvalue weighted by Gasteiger charge is -2.10. The molecule has 0 bridgehead atoms. The zero-order valence-corrected chi connectivity index (χ0v) is 23.7. The van der Waals surface area contributed by atoms with Crippen LogP contribution in [0.4, 0.5) is 0 Å². The minimum Gasteiger partial charge on any atom is -0.309 e. The number of rotatable bonds is 6. The first-order chi connectivity index (χ1) is 20.6. The standard InChI is InChI=1S/C41H31N/c1-4-29-8-14-33(15-9-29)35-20-24-40-38(26-35)39-27-36(34-16-10-30(5-2)11-17-34)21-25-41(39)42(40)37-22-18-32(19-23-37)31-12-6-28(3)7-13-31/h4-27H,1-2H2,3H3. The van der Waals surface area contributed by atoms with Gasteiger partial charge in [0.1, 0.15) is 0 Å². The van der Waals surface area contributed by atoms with Crippen LogP contribution in [0.15, 0.2) is 147 Å². The molecule has 0 unspecified atom stereocenters. The van der Waals surface area contributed by atoms with Gasteiger partial charge in [-0.25, -0.2) is 0 Å². The number of aryl methyl sites for hydroxylation is 1. The van der Waals surface area contributed by atoms with Gasteiger partial charge in [-0.1, -0.05) is 128 Å². The fraction of sp³-hybridized carbons (Fsp3) is 0.0244. The summed E-state index contributed by atoms with van der Waals surface area (Å²) < 4.78 is 2.39. The van der Waals surface area contributed by atoms with Crippen molar-refractivity contribution in [2.45, 2.75) is 6.92 Å². The van der Waals surface area contributed by atoms with E-state index in [9.17, 15) is 0 Å². The highest BCUT2D eigenvalue weighted by atomic mass is 15.0. The van der Waals surface area contributed by atoms with Gasteiger partial charge < -0.3 is 4.57 Å². The van der Waals surface area contributed by atoms with Crippen LogP contribution in [0.3, 0.4) is 0 Å². The van der Waals surface area contributed by atoms with Gasteiger partial charge >= 0.3 is 0 Å². The molecule has 0 atom stereocenters. The van der Waals surface area contributed by atoms with Crippen molar-refractivity contribution in [1.29, 1.82) is 0 Å². The van der Waals surface area contributed by atoms with Crippen molar-refractivity contribution in [1.82, 2.24) is 4.57 Å². The van der Waals surface area contributed by atoms with Gasteiger partial charge in [0.05, 0.1) is 11.0 Å². The predicted molar refractivity (Wildman–Crippen MR) is 182 cm³/mol. The van der Waals surface area contributed by atoms with Gasteiger partial charge in [-0.05, 0) is 87.8 Å². The second-order valence-electron chi connectivity index (χ2n) is 10.9. The lowest BCUT2D eigenvalue weighted by atomic mass is 9.99. The SMILES string of the molecule is C=Cc1ccc(-c2ccc3c(c2)c2cc(-c4ccc(C=C)cc4)ccc2n3-c2ccc(-c3ccc(C)cc3)cc2)cc1. The molecular formula is C41H31N. The van der Waals surface area contributed by atoms with E-state index in [2.05, 4.69) is 158 Å². The lowest BCUT2D eigenvalue weighted by Crippen LogP contribution is -1.94. The van der Waals surface area contributed by atoms with Crippen LogP contribution in [0.25, 0.3) is 73.0 Å². The van der Waals surface area contributed by atoms with Gasteiger partial charge in [-0.15, -0.1) is 0 Å². The topological polar surface area (TPSA) is 4.93 Å². The molecular weight excluding hydrogens is 506 g/mol. The molecule has 7 aromatic rings. The molecule has 1 aromatic heterocycles. The summed E-state index contributed by atoms with van der Waals surface area (Å²) in [5.74, 6) is 0. The lowest BCUT2D eigenvalue weighted by molar-refractivity contribution is 1.18. The maximum Gasteiger partial charge on any atom is 0.0541 e. The van der Waals surface area contributed by atoms with E-state index in [0.29, 0.717) is 0 Å². The highest BCUT2D eigenvalue weighted by Gasteiger charge is 2.15. The number of nitrogens with zero attached hydrogens (tertiary/aromatic N) is 1. The number of fused-ring (bicyclic) bond motifs is 3. The number of hydrogen-bond donors (Lipinski definition) is 0. The molecule has 0 spiro atoms. The number of benzene rings is 6. The van der Waals surface area contributed by atoms with Crippen molar-refractivity contribution >= 4 is 34.0 Å². The monoisotopic (exact) mass is 537 g/mol. The van der Waals surface area contributed by atoms with Crippen LogP contribution in [0.1, 0.15) is 16.7 Å². The highest BCUT2D eigenvalue weighted by Crippen LogP contribution is 2.37. The van der Waals surface area contributed by atoms with E-state index in [4.69, 9.17) is 0 Å². The molecule has 0 aliphatic carbocycles. The summed E-state index contributed by atoms with van der Waals surface area (Å²) in [4.78, 5) is 0. The van der Waals surface area contributed by atoms with E-state index < -0.39 is 0 Å². The van der Waals surface area contributed by atoms with E-state index in [1.165, 1.54) is 60.8 Å². The Morgan fingerprint density at radius 2 is 0.786 bits per heavy atom. The number of aromatic nitrogens is 1. The van der Waals surface area contributed by atoms with Gasteiger partial charge in [0.15, 0.2) is 0 Å². The molecule has 0 N–H and O–H groups in total. The molecule has 1 heteroatoms. The highest BCUT2D eigenvalue weighted by molar-refractivity contribution is 6.11. The van der Waals surface area contributed by atoms with Crippen molar-refractivity contribution in [2.75, 3.05) is 0 Å². The van der Waals surface area contributed by atoms with Crippen LogP contribution in [0.5, 0.6) is 0 Å². The molecule has 0 fully saturated rings. The zero-order valence-electron chi connectivity index (χ0n) is 23.7. The first-order valence-corrected chi connectivity index (χ1v) is 14.3. The van der Waals surface area contributed by atoms with Gasteiger partial charge in [0.25, 0.3) is 0 Å². The van der Waals surface area contributed by atoms with Gasteiger partial charge in [-0.2, -0.15) is 0 Å². The minimum absolute atomic E-state index is 1.12. The largest absolute Gasteiger partial charge is 0.309 e. The quantitative estimate of drug-likeness (QED) is 0.199. The zero-order chi connectivity index (χ0) is 28.6. The van der Waals surface area contributed by atoms with E-state index >= 15 is 0 Å². The molecule has 0 radical (unpaired) electrons. The Labute approximate surface area is 247 Å². The van der Waals surface area contributed by atoms with Crippen molar-refractivity contribution < 1.29 is 0 Å². The molecule has 0 aliphatic rings. The van der Waals surface area contributed by atoms with Crippen molar-refractivity contribution in [3.8, 4) is 39.1 Å². The molecule has 42 heavy (non-hydrogen) atoms. The molecule has 0 saturated carbocycles. The van der Waals surface area contributed by atoms with E-state index in [1.54, 1.807) is 0 Å². The fourth-order valence-corrected chi connectivity index (χ4v) is 5.83. The average Bonchev–Trinajstić information content (AvgIpc) is 3.38. The minimum atomic E-state index is 1.12. The fourth-order valence-electron chi connectivity index (χ4n) is 5.83. The Balaban J connectivity index is 1.41. The molecule has 6 aromatic carbocycles. The van der Waals surface area contributed by atoms with Crippen LogP contribution >= 0.6 is 0 Å². The molecule has 200 valence electrons. The van der Waals surface area contributed by atoms with Crippen LogP contribution in [0, 0.1) is 6.92 Å². The van der Waals surface area contributed by atoms with Crippen LogP contribution in [-0.4, -0.2) is 4.57 Å². The number of hydrogen-bond acceptors (Lipinski definition) is 0. The van der Waals surface area contributed by atoms with Gasteiger partial charge in [0, 0.05) is 16.5 Å². The average molecular weight is 538 g/mol. The third-order valence-electron chi connectivity index (χ3n) is 8.23. The summed E-state index contributed by atoms with van der Waals surface area (Å²) in [6.45, 7) is 9.93. The van der Waals surface area contributed by atoms with E-state index in [1.807, 2.05) is 12.2 Å². The maximum absolute atomic E-state index is 3.90. The summed E-state index contributed by atoms with van der Waals surface area (Å²) in [6, 6.07) is 48.5. The molecule has 0 aliphatic heterocycles. The second-order valence-corrected chi connectivity index (χ2v) is 10.9. The Kier molecular flexibility index (Phi) is 6.41. The van der Waals surface area contributed by atoms with Crippen molar-refractivity contribution in [2.24, 2.45) is 0 Å². The summed E-state index contributed by atoms with van der Waals surface area (Å²) in [7, 11) is 0. The smallest absolute Gasteiger partial charge is 0.0541 e. The summed E-state index contributed by atoms with van der Waals surface area (Å²) in [5, 5.41) is 2.48.